The molecule has 2 aromatic heterocycles. The molecule has 0 bridgehead atoms. The Morgan fingerprint density at radius 3 is 2.51 bits per heavy atom. The van der Waals surface area contributed by atoms with Crippen LogP contribution in [0.1, 0.15) is 37.0 Å². The van der Waals surface area contributed by atoms with Gasteiger partial charge in [0.15, 0.2) is 0 Å². The summed E-state index contributed by atoms with van der Waals surface area (Å²) in [5.74, 6) is 0.693. The number of benzene rings is 1. The van der Waals surface area contributed by atoms with E-state index >= 15 is 0 Å². The molecule has 8 nitrogen and oxygen atoms in total. The van der Waals surface area contributed by atoms with Crippen molar-refractivity contribution in [3.8, 4) is 16.9 Å². The number of hydrogen-bond donors (Lipinski definition) is 3. The van der Waals surface area contributed by atoms with Crippen LogP contribution in [0.3, 0.4) is 0 Å². The molecule has 35 heavy (non-hydrogen) atoms. The summed E-state index contributed by atoms with van der Waals surface area (Å²) in [6, 6.07) is 11.4. The number of ether oxygens (including phenoxy) is 1. The number of pyridine rings is 2. The van der Waals surface area contributed by atoms with Crippen molar-refractivity contribution in [3.05, 3.63) is 54.4 Å². The third kappa shape index (κ3) is 5.92. The lowest BCUT2D eigenvalue weighted by atomic mass is 10.0. The van der Waals surface area contributed by atoms with Gasteiger partial charge in [0, 0.05) is 47.8 Å². The Morgan fingerprint density at radius 1 is 1.09 bits per heavy atom. The maximum Gasteiger partial charge on any atom is 0.254 e. The van der Waals surface area contributed by atoms with Gasteiger partial charge in [-0.25, -0.2) is 9.97 Å². The number of para-hydroxylation sites is 1. The maximum absolute atomic E-state index is 12.5. The van der Waals surface area contributed by atoms with Gasteiger partial charge in [0.1, 0.15) is 11.6 Å². The van der Waals surface area contributed by atoms with Crippen molar-refractivity contribution in [1.82, 2.24) is 15.3 Å². The molecule has 1 aromatic carbocycles. The van der Waals surface area contributed by atoms with Crippen molar-refractivity contribution in [2.45, 2.75) is 37.0 Å². The van der Waals surface area contributed by atoms with Crippen LogP contribution in [0.5, 0.6) is 5.75 Å². The largest absolute Gasteiger partial charge is 0.494 e. The minimum atomic E-state index is -0.294. The Kier molecular flexibility index (Phi) is 7.55. The number of rotatable bonds is 9. The van der Waals surface area contributed by atoms with E-state index in [1.807, 2.05) is 36.5 Å². The second-order valence-electron chi connectivity index (χ2n) is 8.52. The third-order valence-corrected chi connectivity index (χ3v) is 6.42. The number of hydrogen-bond acceptors (Lipinski definition) is 7. The Morgan fingerprint density at radius 2 is 1.89 bits per heavy atom. The molecule has 0 atom stereocenters. The van der Waals surface area contributed by atoms with E-state index in [9.17, 15) is 9.59 Å². The predicted molar refractivity (Wildman–Crippen MR) is 139 cm³/mol. The van der Waals surface area contributed by atoms with Crippen LogP contribution >= 0.6 is 11.8 Å². The lowest BCUT2D eigenvalue weighted by Gasteiger charge is -2.18. The van der Waals surface area contributed by atoms with Crippen molar-refractivity contribution in [2.75, 3.05) is 24.8 Å². The second kappa shape index (κ2) is 10.8. The van der Waals surface area contributed by atoms with Gasteiger partial charge in [-0.15, -0.1) is 11.8 Å². The van der Waals surface area contributed by atoms with Gasteiger partial charge in [0.2, 0.25) is 5.91 Å². The molecule has 0 unspecified atom stereocenters. The molecule has 2 amide bonds. The summed E-state index contributed by atoms with van der Waals surface area (Å²) in [5, 5.41) is 10.2. The highest BCUT2D eigenvalue weighted by Crippen LogP contribution is 2.39. The molecule has 4 rings (SSSR count). The van der Waals surface area contributed by atoms with Crippen LogP contribution in [-0.4, -0.2) is 41.2 Å². The van der Waals surface area contributed by atoms with Crippen molar-refractivity contribution in [1.29, 1.82) is 0 Å². The molecule has 1 aliphatic rings. The number of nitrogens with zero attached hydrogens (tertiary/aromatic N) is 2. The molecular weight excluding hydrogens is 462 g/mol. The Labute approximate surface area is 209 Å². The summed E-state index contributed by atoms with van der Waals surface area (Å²) in [4.78, 5) is 33.6. The van der Waals surface area contributed by atoms with Crippen LogP contribution in [0.4, 0.5) is 17.2 Å². The number of methoxy groups -OCH3 is 1. The lowest BCUT2D eigenvalue weighted by molar-refractivity contribution is -0.117. The zero-order valence-electron chi connectivity index (χ0n) is 20.2. The standard InChI is InChI=1S/C26H29N5O3S/c1-15(2)35-23-11-10-17(13-29-23)18-6-5-7-20(24(18)34-4)30-21-12-22(31-25(32)16-8-9-16)28-14-19(21)26(33)27-3/h5-7,10-16H,8-9H2,1-4H3,(H,27,33)(H2,28,30,31,32). The van der Waals surface area contributed by atoms with Crippen molar-refractivity contribution in [3.63, 3.8) is 0 Å². The maximum atomic E-state index is 12.5. The molecule has 0 radical (unpaired) electrons. The van der Waals surface area contributed by atoms with Crippen LogP contribution in [-0.2, 0) is 4.79 Å². The average molecular weight is 492 g/mol. The van der Waals surface area contributed by atoms with E-state index in [-0.39, 0.29) is 17.7 Å². The summed E-state index contributed by atoms with van der Waals surface area (Å²) in [7, 11) is 3.16. The van der Waals surface area contributed by atoms with Crippen LogP contribution in [0.2, 0.25) is 0 Å². The monoisotopic (exact) mass is 491 g/mol. The average Bonchev–Trinajstić information content (AvgIpc) is 3.69. The van der Waals surface area contributed by atoms with E-state index in [0.29, 0.717) is 33.8 Å². The molecule has 2 heterocycles. The molecule has 0 saturated heterocycles. The number of nitrogens with one attached hydrogen (secondary N) is 3. The van der Waals surface area contributed by atoms with E-state index in [0.717, 1.165) is 29.0 Å². The van der Waals surface area contributed by atoms with Crippen LogP contribution in [0.25, 0.3) is 11.1 Å². The molecule has 1 fully saturated rings. The summed E-state index contributed by atoms with van der Waals surface area (Å²) in [6.07, 6.45) is 5.07. The fourth-order valence-electron chi connectivity index (χ4n) is 3.60. The first-order chi connectivity index (χ1) is 16.9. The fraction of sp³-hybridized carbons (Fsp3) is 0.308. The van der Waals surface area contributed by atoms with Crippen molar-refractivity contribution in [2.24, 2.45) is 5.92 Å². The predicted octanol–water partition coefficient (Wildman–Crippen LogP) is 5.10. The van der Waals surface area contributed by atoms with Crippen molar-refractivity contribution < 1.29 is 14.3 Å². The second-order valence-corrected chi connectivity index (χ2v) is 10.1. The van der Waals surface area contributed by atoms with Crippen LogP contribution < -0.4 is 20.7 Å². The Bertz CT molecular complexity index is 1230. The number of amides is 2. The number of aromatic nitrogens is 2. The molecule has 0 spiro atoms. The highest BCUT2D eigenvalue weighted by atomic mass is 32.2. The number of carbonyl (C=O) groups is 2. The van der Waals surface area contributed by atoms with Gasteiger partial charge in [0.25, 0.3) is 5.91 Å². The first-order valence-electron chi connectivity index (χ1n) is 11.5. The van der Waals surface area contributed by atoms with Crippen molar-refractivity contribution >= 4 is 40.8 Å². The number of thioether (sulfide) groups is 1. The minimum Gasteiger partial charge on any atom is -0.494 e. The van der Waals surface area contributed by atoms with Gasteiger partial charge in [0.05, 0.1) is 29.1 Å². The zero-order valence-corrected chi connectivity index (χ0v) is 21.0. The zero-order chi connectivity index (χ0) is 24.9. The van der Waals surface area contributed by atoms with Gasteiger partial charge >= 0.3 is 0 Å². The molecular formula is C26H29N5O3S. The minimum absolute atomic E-state index is 0.0440. The lowest BCUT2D eigenvalue weighted by Crippen LogP contribution is -2.20. The summed E-state index contributed by atoms with van der Waals surface area (Å²) in [6.45, 7) is 4.26. The fourth-order valence-corrected chi connectivity index (χ4v) is 4.34. The van der Waals surface area contributed by atoms with E-state index in [1.54, 1.807) is 32.0 Å². The van der Waals surface area contributed by atoms with Gasteiger partial charge in [-0.1, -0.05) is 32.0 Å². The summed E-state index contributed by atoms with van der Waals surface area (Å²) < 4.78 is 5.78. The highest BCUT2D eigenvalue weighted by Gasteiger charge is 2.30. The molecule has 3 aromatic rings. The molecule has 0 aliphatic heterocycles. The third-order valence-electron chi connectivity index (χ3n) is 5.47. The normalized spacial score (nSPS) is 12.8. The first-order valence-corrected chi connectivity index (χ1v) is 12.4. The van der Waals surface area contributed by atoms with Crippen LogP contribution in [0, 0.1) is 5.92 Å². The van der Waals surface area contributed by atoms with Gasteiger partial charge in [-0.2, -0.15) is 0 Å². The highest BCUT2D eigenvalue weighted by molar-refractivity contribution is 7.99. The van der Waals surface area contributed by atoms with E-state index in [2.05, 4.69) is 39.8 Å². The number of anilines is 3. The van der Waals surface area contributed by atoms with Gasteiger partial charge in [-0.05, 0) is 25.0 Å². The topological polar surface area (TPSA) is 105 Å². The molecule has 1 saturated carbocycles. The van der Waals surface area contributed by atoms with E-state index < -0.39 is 0 Å². The van der Waals surface area contributed by atoms with E-state index in [1.165, 1.54) is 6.20 Å². The van der Waals surface area contributed by atoms with E-state index in [4.69, 9.17) is 4.74 Å². The van der Waals surface area contributed by atoms with Crippen LogP contribution in [0.15, 0.2) is 53.8 Å². The summed E-state index contributed by atoms with van der Waals surface area (Å²) >= 11 is 1.71. The number of carbonyl (C=O) groups excluding carboxylic acids is 2. The Balaban J connectivity index is 1.67. The van der Waals surface area contributed by atoms with Gasteiger partial charge < -0.3 is 20.7 Å². The molecule has 9 heteroatoms. The molecule has 182 valence electrons. The smallest absolute Gasteiger partial charge is 0.254 e. The summed E-state index contributed by atoms with van der Waals surface area (Å²) in [5.41, 5.74) is 3.30. The molecule has 1 aliphatic carbocycles. The SMILES string of the molecule is CNC(=O)c1cnc(NC(=O)C2CC2)cc1Nc1cccc(-c2ccc(SC(C)C)nc2)c1OC. The Hall–Kier alpha value is -3.59. The quantitative estimate of drug-likeness (QED) is 0.358. The first kappa shape index (κ1) is 24.5. The molecule has 3 N–H and O–H groups in total. The van der Waals surface area contributed by atoms with Gasteiger partial charge in [-0.3, -0.25) is 9.59 Å².